The third-order valence-corrected chi connectivity index (χ3v) is 4.45. The summed E-state index contributed by atoms with van der Waals surface area (Å²) in [4.78, 5) is 14.2. The van der Waals surface area contributed by atoms with Crippen molar-refractivity contribution in [3.8, 4) is 0 Å². The van der Waals surface area contributed by atoms with Crippen molar-refractivity contribution in [3.05, 3.63) is 0 Å². The number of likely N-dealkylation sites (tertiary alicyclic amines) is 1. The van der Waals surface area contributed by atoms with Gasteiger partial charge in [-0.3, -0.25) is 4.79 Å². The minimum absolute atomic E-state index is 0.224. The lowest BCUT2D eigenvalue weighted by molar-refractivity contribution is -0.124. The predicted molar refractivity (Wildman–Crippen MR) is 84.6 cm³/mol. The Morgan fingerprint density at radius 2 is 2.20 bits per heavy atom. The molecule has 1 aliphatic heterocycles. The number of carbonyl (C=O) groups excluding carboxylic acids is 1. The molecular weight excluding hydrogens is 250 g/mol. The Kier molecular flexibility index (Phi) is 7.52. The largest absolute Gasteiger partial charge is 0.368 e. The molecule has 1 aliphatic rings. The van der Waals surface area contributed by atoms with Crippen LogP contribution in [0.4, 0.5) is 0 Å². The Bertz CT molecular complexity index is 295. The van der Waals surface area contributed by atoms with Crippen LogP contribution in [0, 0.1) is 5.92 Å². The fourth-order valence-corrected chi connectivity index (χ4v) is 3.00. The van der Waals surface area contributed by atoms with Gasteiger partial charge in [0.15, 0.2) is 0 Å². The van der Waals surface area contributed by atoms with Crippen LogP contribution in [0.25, 0.3) is 0 Å². The first-order valence-electron chi connectivity index (χ1n) is 8.25. The number of carbonyl (C=O) groups is 1. The van der Waals surface area contributed by atoms with Gasteiger partial charge in [-0.15, -0.1) is 0 Å². The summed E-state index contributed by atoms with van der Waals surface area (Å²) in [5.41, 5.74) is 5.01. The van der Waals surface area contributed by atoms with Crippen molar-refractivity contribution in [1.82, 2.24) is 10.2 Å². The molecule has 0 saturated carbocycles. The van der Waals surface area contributed by atoms with Gasteiger partial charge < -0.3 is 16.0 Å². The molecule has 0 aromatic carbocycles. The first-order chi connectivity index (χ1) is 9.48. The molecule has 4 nitrogen and oxygen atoms in total. The van der Waals surface area contributed by atoms with Crippen molar-refractivity contribution in [2.45, 2.75) is 64.8 Å². The van der Waals surface area contributed by atoms with Gasteiger partial charge in [0.2, 0.25) is 5.91 Å². The molecule has 0 radical (unpaired) electrons. The van der Waals surface area contributed by atoms with Crippen molar-refractivity contribution in [1.29, 1.82) is 0 Å². The molecule has 4 heteroatoms. The molecule has 2 atom stereocenters. The van der Waals surface area contributed by atoms with Crippen LogP contribution >= 0.6 is 0 Å². The van der Waals surface area contributed by atoms with Crippen molar-refractivity contribution < 1.29 is 4.79 Å². The SMILES string of the molecule is CCCNC(C)(CCCCN1CCCC(C)C1)C(N)=O. The molecule has 3 N–H and O–H groups in total. The van der Waals surface area contributed by atoms with Gasteiger partial charge in [0.1, 0.15) is 0 Å². The second-order valence-electron chi connectivity index (χ2n) is 6.63. The van der Waals surface area contributed by atoms with Crippen LogP contribution in [-0.2, 0) is 4.79 Å². The van der Waals surface area contributed by atoms with Crippen LogP contribution in [0.1, 0.15) is 59.3 Å². The Balaban J connectivity index is 2.24. The number of hydrogen-bond acceptors (Lipinski definition) is 3. The maximum atomic E-state index is 11.6. The van der Waals surface area contributed by atoms with Crippen LogP contribution < -0.4 is 11.1 Å². The van der Waals surface area contributed by atoms with Gasteiger partial charge in [-0.2, -0.15) is 0 Å². The first-order valence-corrected chi connectivity index (χ1v) is 8.25. The van der Waals surface area contributed by atoms with E-state index in [-0.39, 0.29) is 5.91 Å². The van der Waals surface area contributed by atoms with Crippen LogP contribution in [0.2, 0.25) is 0 Å². The normalized spacial score (nSPS) is 23.4. The summed E-state index contributed by atoms with van der Waals surface area (Å²) in [5, 5.41) is 3.30. The lowest BCUT2D eigenvalue weighted by Gasteiger charge is -2.31. The van der Waals surface area contributed by atoms with Crippen LogP contribution in [0.3, 0.4) is 0 Å². The summed E-state index contributed by atoms with van der Waals surface area (Å²) < 4.78 is 0. The molecule has 1 amide bonds. The lowest BCUT2D eigenvalue weighted by Crippen LogP contribution is -2.53. The number of nitrogens with one attached hydrogen (secondary N) is 1. The third-order valence-electron chi connectivity index (χ3n) is 4.45. The van der Waals surface area contributed by atoms with Crippen molar-refractivity contribution >= 4 is 5.91 Å². The molecule has 0 aromatic rings. The molecular formula is C16H33N3O. The average molecular weight is 283 g/mol. The smallest absolute Gasteiger partial charge is 0.237 e. The van der Waals surface area contributed by atoms with Gasteiger partial charge in [-0.1, -0.05) is 13.8 Å². The maximum Gasteiger partial charge on any atom is 0.237 e. The predicted octanol–water partition coefficient (Wildman–Crippen LogP) is 2.13. The highest BCUT2D eigenvalue weighted by atomic mass is 16.1. The van der Waals surface area contributed by atoms with E-state index < -0.39 is 5.54 Å². The number of nitrogens with zero attached hydrogens (tertiary/aromatic N) is 1. The molecule has 20 heavy (non-hydrogen) atoms. The Hall–Kier alpha value is -0.610. The fraction of sp³-hybridized carbons (Fsp3) is 0.938. The van der Waals surface area contributed by atoms with E-state index in [9.17, 15) is 4.79 Å². The van der Waals surface area contributed by atoms with Gasteiger partial charge in [0, 0.05) is 6.54 Å². The number of primary amides is 1. The van der Waals surface area contributed by atoms with Gasteiger partial charge in [0.05, 0.1) is 5.54 Å². The van der Waals surface area contributed by atoms with E-state index in [1.54, 1.807) is 0 Å². The van der Waals surface area contributed by atoms with E-state index in [0.717, 1.165) is 44.7 Å². The van der Waals surface area contributed by atoms with Gasteiger partial charge in [-0.05, 0) is 71.0 Å². The Morgan fingerprint density at radius 3 is 2.80 bits per heavy atom. The summed E-state index contributed by atoms with van der Waals surface area (Å²) in [7, 11) is 0. The maximum absolute atomic E-state index is 11.6. The number of amides is 1. The molecule has 1 saturated heterocycles. The minimum atomic E-state index is -0.537. The Labute approximate surface area is 124 Å². The molecule has 1 rings (SSSR count). The summed E-state index contributed by atoms with van der Waals surface area (Å²) in [6.45, 7) is 10.9. The molecule has 0 aromatic heterocycles. The quantitative estimate of drug-likeness (QED) is 0.637. The van der Waals surface area contributed by atoms with Gasteiger partial charge in [-0.25, -0.2) is 0 Å². The highest BCUT2D eigenvalue weighted by Crippen LogP contribution is 2.18. The molecule has 0 bridgehead atoms. The summed E-state index contributed by atoms with van der Waals surface area (Å²) in [6, 6.07) is 0. The van der Waals surface area contributed by atoms with E-state index in [1.807, 2.05) is 6.92 Å². The zero-order chi connectivity index (χ0) is 15.0. The second-order valence-corrected chi connectivity index (χ2v) is 6.63. The van der Waals surface area contributed by atoms with E-state index in [0.29, 0.717) is 0 Å². The molecule has 1 heterocycles. The number of nitrogens with two attached hydrogens (primary N) is 1. The molecule has 1 fully saturated rings. The highest BCUT2D eigenvalue weighted by molar-refractivity contribution is 5.84. The summed E-state index contributed by atoms with van der Waals surface area (Å²) in [5.74, 6) is 0.614. The van der Waals surface area contributed by atoms with Crippen molar-refractivity contribution in [2.75, 3.05) is 26.2 Å². The zero-order valence-corrected chi connectivity index (χ0v) is 13.6. The standard InChI is InChI=1S/C16H33N3O/c1-4-10-18-16(3,15(17)20)9-5-6-11-19-12-7-8-14(2)13-19/h14,18H,4-13H2,1-3H3,(H2,17,20). The van der Waals surface area contributed by atoms with Crippen molar-refractivity contribution in [3.63, 3.8) is 0 Å². The number of piperidine rings is 1. The number of unbranched alkanes of at least 4 members (excludes halogenated alkanes) is 1. The molecule has 0 aliphatic carbocycles. The minimum Gasteiger partial charge on any atom is -0.368 e. The third kappa shape index (κ3) is 5.80. The van der Waals surface area contributed by atoms with Crippen LogP contribution in [0.15, 0.2) is 0 Å². The Morgan fingerprint density at radius 1 is 1.45 bits per heavy atom. The molecule has 2 unspecified atom stereocenters. The average Bonchev–Trinajstić information content (AvgIpc) is 2.41. The van der Waals surface area contributed by atoms with E-state index in [4.69, 9.17) is 5.73 Å². The van der Waals surface area contributed by atoms with Crippen molar-refractivity contribution in [2.24, 2.45) is 11.7 Å². The fourth-order valence-electron chi connectivity index (χ4n) is 3.00. The second kappa shape index (κ2) is 8.63. The topological polar surface area (TPSA) is 58.4 Å². The number of rotatable bonds is 9. The van der Waals surface area contributed by atoms with Gasteiger partial charge in [0.25, 0.3) is 0 Å². The van der Waals surface area contributed by atoms with E-state index in [1.165, 1.54) is 25.9 Å². The van der Waals surface area contributed by atoms with Crippen LogP contribution in [-0.4, -0.2) is 42.5 Å². The number of hydrogen-bond donors (Lipinski definition) is 2. The van der Waals surface area contributed by atoms with Gasteiger partial charge >= 0.3 is 0 Å². The van der Waals surface area contributed by atoms with Crippen LogP contribution in [0.5, 0.6) is 0 Å². The summed E-state index contributed by atoms with van der Waals surface area (Å²) in [6.07, 6.45) is 6.78. The zero-order valence-electron chi connectivity index (χ0n) is 13.6. The molecule has 118 valence electrons. The molecule has 0 spiro atoms. The first kappa shape index (κ1) is 17.4. The highest BCUT2D eigenvalue weighted by Gasteiger charge is 2.29. The monoisotopic (exact) mass is 283 g/mol. The summed E-state index contributed by atoms with van der Waals surface area (Å²) >= 11 is 0. The van der Waals surface area contributed by atoms with E-state index in [2.05, 4.69) is 24.1 Å². The lowest BCUT2D eigenvalue weighted by atomic mass is 9.93. The van der Waals surface area contributed by atoms with E-state index >= 15 is 0 Å².